The number of fused-ring (bicyclic) bond motifs is 1. The minimum atomic E-state index is -0.720. The summed E-state index contributed by atoms with van der Waals surface area (Å²) in [6.07, 6.45) is 5.57. The van der Waals surface area contributed by atoms with Crippen molar-refractivity contribution in [1.82, 2.24) is 0 Å². The number of Topliss-reactive ketones (excluding diaryl/α,β-unsaturated/α-hetero) is 1. The molecule has 6 heteroatoms. The van der Waals surface area contributed by atoms with E-state index in [0.717, 1.165) is 24.5 Å². The molecule has 0 aliphatic carbocycles. The smallest absolute Gasteiger partial charge is 0.174 e. The Kier molecular flexibility index (Phi) is 6.59. The van der Waals surface area contributed by atoms with Gasteiger partial charge in [0.15, 0.2) is 17.3 Å². The highest BCUT2D eigenvalue weighted by atomic mass is 16.5. The molecule has 164 valence electrons. The van der Waals surface area contributed by atoms with Crippen molar-refractivity contribution in [2.24, 2.45) is 0 Å². The van der Waals surface area contributed by atoms with Crippen molar-refractivity contribution < 1.29 is 30.0 Å². The molecule has 0 spiro atoms. The summed E-state index contributed by atoms with van der Waals surface area (Å²) < 4.78 is 5.92. The van der Waals surface area contributed by atoms with E-state index in [2.05, 4.69) is 19.9 Å². The Balaban J connectivity index is 1.91. The lowest BCUT2D eigenvalue weighted by Crippen LogP contribution is -2.21. The molecule has 31 heavy (non-hydrogen) atoms. The highest BCUT2D eigenvalue weighted by molar-refractivity contribution is 6.02. The number of hydrogen-bond acceptors (Lipinski definition) is 6. The Bertz CT molecular complexity index is 1060. The van der Waals surface area contributed by atoms with Gasteiger partial charge in [0.2, 0.25) is 0 Å². The number of ether oxygens (including phenoxy) is 1. The van der Waals surface area contributed by atoms with Crippen LogP contribution in [-0.4, -0.2) is 26.2 Å². The predicted octanol–water partition coefficient (Wildman–Crippen LogP) is 5.45. The quantitative estimate of drug-likeness (QED) is 0.363. The topological polar surface area (TPSA) is 107 Å². The second-order valence-electron chi connectivity index (χ2n) is 8.15. The third kappa shape index (κ3) is 5.02. The van der Waals surface area contributed by atoms with Crippen LogP contribution < -0.4 is 4.74 Å². The van der Waals surface area contributed by atoms with Crippen LogP contribution in [0.5, 0.6) is 28.7 Å². The Morgan fingerprint density at radius 2 is 1.81 bits per heavy atom. The van der Waals surface area contributed by atoms with Crippen LogP contribution in [0, 0.1) is 0 Å². The average molecular weight is 424 g/mol. The summed E-state index contributed by atoms with van der Waals surface area (Å²) >= 11 is 0. The second-order valence-corrected chi connectivity index (χ2v) is 8.15. The fraction of sp³-hybridized carbons (Fsp3) is 0.320. The van der Waals surface area contributed by atoms with E-state index >= 15 is 0 Å². The zero-order chi connectivity index (χ0) is 22.7. The number of allylic oxidation sites excluding steroid dienone is 4. The molecule has 0 saturated carbocycles. The van der Waals surface area contributed by atoms with Crippen molar-refractivity contribution in [3.63, 3.8) is 0 Å². The van der Waals surface area contributed by atoms with Crippen molar-refractivity contribution >= 4 is 5.78 Å². The summed E-state index contributed by atoms with van der Waals surface area (Å²) in [5.41, 5.74) is 3.50. The third-order valence-electron chi connectivity index (χ3n) is 5.38. The number of carbonyl (C=O) groups is 1. The standard InChI is InChI=1S/C25H28O6/c1-14(2)5-4-6-15(3)7-8-18-17(9-10-19(27)25(18)30)22-13-21(29)24-20(28)11-16(26)12-23(24)31-22/h5,7,9-12,22,26-28,30H,4,6,8,13H2,1-3H3/t22-/m0/s1. The van der Waals surface area contributed by atoms with Gasteiger partial charge >= 0.3 is 0 Å². The van der Waals surface area contributed by atoms with Gasteiger partial charge in [0.05, 0.1) is 6.42 Å². The molecule has 0 fully saturated rings. The minimum Gasteiger partial charge on any atom is -0.508 e. The minimum absolute atomic E-state index is 0.0358. The van der Waals surface area contributed by atoms with Crippen molar-refractivity contribution in [1.29, 1.82) is 0 Å². The largest absolute Gasteiger partial charge is 0.508 e. The van der Waals surface area contributed by atoms with Crippen molar-refractivity contribution in [2.45, 2.75) is 52.6 Å². The lowest BCUT2D eigenvalue weighted by Gasteiger charge is -2.28. The molecule has 0 amide bonds. The number of rotatable bonds is 6. The van der Waals surface area contributed by atoms with Crippen molar-refractivity contribution in [3.8, 4) is 28.7 Å². The number of phenols is 4. The van der Waals surface area contributed by atoms with Crippen LogP contribution in [0.4, 0.5) is 0 Å². The molecule has 1 heterocycles. The number of hydrogen-bond donors (Lipinski definition) is 4. The molecule has 2 aromatic rings. The molecular weight excluding hydrogens is 396 g/mol. The molecule has 1 aliphatic heterocycles. The molecule has 0 radical (unpaired) electrons. The molecule has 0 bridgehead atoms. The summed E-state index contributed by atoms with van der Waals surface area (Å²) in [6.45, 7) is 6.12. The number of aromatic hydroxyl groups is 4. The zero-order valence-electron chi connectivity index (χ0n) is 18.0. The zero-order valence-corrected chi connectivity index (χ0v) is 18.0. The lowest BCUT2D eigenvalue weighted by atomic mass is 9.90. The van der Waals surface area contributed by atoms with Crippen LogP contribution in [0.3, 0.4) is 0 Å². The van der Waals surface area contributed by atoms with Gasteiger partial charge in [-0.2, -0.15) is 0 Å². The molecule has 0 unspecified atom stereocenters. The molecule has 4 N–H and O–H groups in total. The highest BCUT2D eigenvalue weighted by Gasteiger charge is 2.32. The first-order valence-corrected chi connectivity index (χ1v) is 10.3. The molecule has 3 rings (SSSR count). The van der Waals surface area contributed by atoms with E-state index in [-0.39, 0.29) is 46.5 Å². The Hall–Kier alpha value is -3.41. The monoisotopic (exact) mass is 424 g/mol. The Labute approximate surface area is 181 Å². The van der Waals surface area contributed by atoms with Gasteiger partial charge in [-0.3, -0.25) is 4.79 Å². The molecule has 1 aliphatic rings. The van der Waals surface area contributed by atoms with Crippen LogP contribution in [-0.2, 0) is 6.42 Å². The van der Waals surface area contributed by atoms with Crippen LogP contribution in [0.1, 0.15) is 67.6 Å². The summed E-state index contributed by atoms with van der Waals surface area (Å²) in [6, 6.07) is 5.37. The fourth-order valence-electron chi connectivity index (χ4n) is 3.72. The summed E-state index contributed by atoms with van der Waals surface area (Å²) in [5.74, 6) is -1.27. The van der Waals surface area contributed by atoms with Gasteiger partial charge in [0.25, 0.3) is 0 Å². The first kappa shape index (κ1) is 22.3. The SMILES string of the molecule is CC(C)=CCCC(C)=CCc1c([C@@H]2CC(=O)c3c(O)cc(O)cc3O2)ccc(O)c1O. The van der Waals surface area contributed by atoms with Gasteiger partial charge in [0.1, 0.15) is 28.9 Å². The average Bonchev–Trinajstić information content (AvgIpc) is 2.67. The number of carbonyl (C=O) groups excluding carboxylic acids is 1. The van der Waals surface area contributed by atoms with Gasteiger partial charge < -0.3 is 25.2 Å². The Morgan fingerprint density at radius 1 is 1.06 bits per heavy atom. The lowest BCUT2D eigenvalue weighted by molar-refractivity contribution is 0.0843. The van der Waals surface area contributed by atoms with Gasteiger partial charge in [-0.15, -0.1) is 0 Å². The molecular formula is C25H28O6. The fourth-order valence-corrected chi connectivity index (χ4v) is 3.72. The predicted molar refractivity (Wildman–Crippen MR) is 118 cm³/mol. The first-order valence-electron chi connectivity index (χ1n) is 10.3. The van der Waals surface area contributed by atoms with E-state index in [4.69, 9.17) is 4.74 Å². The summed E-state index contributed by atoms with van der Waals surface area (Å²) in [4.78, 5) is 12.7. The molecule has 6 nitrogen and oxygen atoms in total. The van der Waals surface area contributed by atoms with Crippen molar-refractivity contribution in [2.75, 3.05) is 0 Å². The molecule has 1 atom stereocenters. The van der Waals surface area contributed by atoms with Crippen LogP contribution in [0.2, 0.25) is 0 Å². The maximum absolute atomic E-state index is 12.7. The second kappa shape index (κ2) is 9.16. The summed E-state index contributed by atoms with van der Waals surface area (Å²) in [5, 5.41) is 40.3. The van der Waals surface area contributed by atoms with Gasteiger partial charge in [-0.05, 0) is 46.1 Å². The molecule has 0 aromatic heterocycles. The van der Waals surface area contributed by atoms with Crippen molar-refractivity contribution in [3.05, 3.63) is 64.3 Å². The van der Waals surface area contributed by atoms with E-state index in [1.807, 2.05) is 13.0 Å². The third-order valence-corrected chi connectivity index (χ3v) is 5.38. The highest BCUT2D eigenvalue weighted by Crippen LogP contribution is 2.44. The normalized spacial score (nSPS) is 15.9. The number of ketones is 1. The van der Waals surface area contributed by atoms with Gasteiger partial charge in [0, 0.05) is 23.3 Å². The first-order chi connectivity index (χ1) is 14.7. The Morgan fingerprint density at radius 3 is 2.52 bits per heavy atom. The maximum atomic E-state index is 12.7. The van der Waals surface area contributed by atoms with Crippen LogP contribution in [0.25, 0.3) is 0 Å². The van der Waals surface area contributed by atoms with E-state index in [9.17, 15) is 25.2 Å². The van der Waals surface area contributed by atoms with E-state index in [1.165, 1.54) is 17.7 Å². The molecule has 2 aromatic carbocycles. The van der Waals surface area contributed by atoms with E-state index < -0.39 is 6.10 Å². The number of benzene rings is 2. The summed E-state index contributed by atoms with van der Waals surface area (Å²) in [7, 11) is 0. The van der Waals surface area contributed by atoms with Gasteiger partial charge in [-0.1, -0.05) is 29.4 Å². The van der Waals surface area contributed by atoms with E-state index in [0.29, 0.717) is 17.5 Å². The van der Waals surface area contributed by atoms with Crippen LogP contribution in [0.15, 0.2) is 47.6 Å². The molecule has 0 saturated heterocycles. The maximum Gasteiger partial charge on any atom is 0.174 e. The number of phenolic OH excluding ortho intramolecular Hbond substituents is 4. The van der Waals surface area contributed by atoms with Crippen LogP contribution >= 0.6 is 0 Å². The van der Waals surface area contributed by atoms with E-state index in [1.54, 1.807) is 6.07 Å². The van der Waals surface area contributed by atoms with Gasteiger partial charge in [-0.25, -0.2) is 0 Å².